The van der Waals surface area contributed by atoms with Crippen LogP contribution in [0.1, 0.15) is 19.8 Å². The Kier molecular flexibility index (Phi) is 1.48. The molecular formula is C9H13NO. The fourth-order valence-corrected chi connectivity index (χ4v) is 2.04. The first-order chi connectivity index (χ1) is 5.27. The number of carbonyl (C=O) groups excluding carboxylic acids is 1. The molecule has 1 saturated heterocycles. The molecule has 1 aliphatic carbocycles. The summed E-state index contributed by atoms with van der Waals surface area (Å²) in [5.74, 6) is 1.05. The lowest BCUT2D eigenvalue weighted by Crippen LogP contribution is -2.20. The Bertz CT molecular complexity index is 220. The number of nitrogens with one attached hydrogen (secondary N) is 1. The number of allylic oxidation sites excluding steroid dienone is 1. The molecule has 1 heterocycles. The first kappa shape index (κ1) is 6.89. The maximum absolute atomic E-state index is 11.2. The molecule has 1 fully saturated rings. The largest absolute Gasteiger partial charge is 0.355 e. The summed E-state index contributed by atoms with van der Waals surface area (Å²) in [5.41, 5.74) is 1.45. The Balaban J connectivity index is 2.20. The van der Waals surface area contributed by atoms with Crippen molar-refractivity contribution in [2.75, 3.05) is 6.54 Å². The molecule has 2 nitrogen and oxygen atoms in total. The van der Waals surface area contributed by atoms with E-state index in [-0.39, 0.29) is 5.91 Å². The average molecular weight is 151 g/mol. The molecule has 1 aliphatic heterocycles. The first-order valence-corrected chi connectivity index (χ1v) is 4.22. The van der Waals surface area contributed by atoms with Gasteiger partial charge in [-0.1, -0.05) is 11.6 Å². The Hall–Kier alpha value is -0.790. The van der Waals surface area contributed by atoms with Gasteiger partial charge >= 0.3 is 0 Å². The second-order valence-corrected chi connectivity index (χ2v) is 3.57. The Labute approximate surface area is 66.7 Å². The monoisotopic (exact) mass is 151 g/mol. The van der Waals surface area contributed by atoms with Crippen LogP contribution in [0.15, 0.2) is 11.6 Å². The summed E-state index contributed by atoms with van der Waals surface area (Å²) in [4.78, 5) is 11.2. The van der Waals surface area contributed by atoms with E-state index in [4.69, 9.17) is 0 Å². The van der Waals surface area contributed by atoms with Crippen molar-refractivity contribution >= 4 is 5.91 Å². The van der Waals surface area contributed by atoms with Crippen molar-refractivity contribution in [2.24, 2.45) is 11.8 Å². The van der Waals surface area contributed by atoms with Gasteiger partial charge in [0.1, 0.15) is 0 Å². The van der Waals surface area contributed by atoms with Crippen molar-refractivity contribution in [1.82, 2.24) is 5.32 Å². The standard InChI is InChI=1S/C9H13NO/c1-6-2-3-8-7(4-6)5-10-9(8)11/h4,7-8H,2-3,5H2,1H3,(H,10,11). The maximum atomic E-state index is 11.2. The second-order valence-electron chi connectivity index (χ2n) is 3.57. The highest BCUT2D eigenvalue weighted by Gasteiger charge is 2.34. The van der Waals surface area contributed by atoms with Crippen LogP contribution in [-0.2, 0) is 4.79 Å². The summed E-state index contributed by atoms with van der Waals surface area (Å²) in [6.45, 7) is 3.01. The molecule has 0 radical (unpaired) electrons. The van der Waals surface area contributed by atoms with Crippen LogP contribution < -0.4 is 5.32 Å². The smallest absolute Gasteiger partial charge is 0.223 e. The number of hydrogen-bond acceptors (Lipinski definition) is 1. The van der Waals surface area contributed by atoms with Crippen molar-refractivity contribution in [3.8, 4) is 0 Å². The topological polar surface area (TPSA) is 29.1 Å². The zero-order valence-electron chi connectivity index (χ0n) is 6.76. The van der Waals surface area contributed by atoms with E-state index in [0.717, 1.165) is 19.4 Å². The van der Waals surface area contributed by atoms with E-state index in [1.54, 1.807) is 0 Å². The molecule has 2 unspecified atom stereocenters. The molecule has 2 heteroatoms. The molecular weight excluding hydrogens is 138 g/mol. The Morgan fingerprint density at radius 1 is 1.64 bits per heavy atom. The van der Waals surface area contributed by atoms with Crippen molar-refractivity contribution < 1.29 is 4.79 Å². The fraction of sp³-hybridized carbons (Fsp3) is 0.667. The van der Waals surface area contributed by atoms with Crippen LogP contribution in [0.3, 0.4) is 0 Å². The molecule has 0 aromatic heterocycles. The maximum Gasteiger partial charge on any atom is 0.223 e. The van der Waals surface area contributed by atoms with E-state index in [1.165, 1.54) is 5.57 Å². The van der Waals surface area contributed by atoms with Gasteiger partial charge in [0, 0.05) is 18.4 Å². The average Bonchev–Trinajstić information content (AvgIpc) is 2.32. The van der Waals surface area contributed by atoms with Gasteiger partial charge in [0.15, 0.2) is 0 Å². The molecule has 0 saturated carbocycles. The third kappa shape index (κ3) is 1.06. The molecule has 0 bridgehead atoms. The van der Waals surface area contributed by atoms with Gasteiger partial charge in [-0.3, -0.25) is 4.79 Å². The number of fused-ring (bicyclic) bond motifs is 1. The van der Waals surface area contributed by atoms with Crippen LogP contribution in [0.2, 0.25) is 0 Å². The third-order valence-corrected chi connectivity index (χ3v) is 2.71. The van der Waals surface area contributed by atoms with Crippen LogP contribution in [0.25, 0.3) is 0 Å². The Morgan fingerprint density at radius 2 is 2.45 bits per heavy atom. The quantitative estimate of drug-likeness (QED) is 0.516. The van der Waals surface area contributed by atoms with Gasteiger partial charge in [-0.05, 0) is 19.8 Å². The zero-order valence-corrected chi connectivity index (χ0v) is 6.76. The lowest BCUT2D eigenvalue weighted by molar-refractivity contribution is -0.123. The van der Waals surface area contributed by atoms with Gasteiger partial charge in [-0.15, -0.1) is 0 Å². The zero-order chi connectivity index (χ0) is 7.84. The second kappa shape index (κ2) is 2.36. The molecule has 11 heavy (non-hydrogen) atoms. The van der Waals surface area contributed by atoms with Gasteiger partial charge < -0.3 is 5.32 Å². The third-order valence-electron chi connectivity index (χ3n) is 2.71. The van der Waals surface area contributed by atoms with E-state index in [2.05, 4.69) is 18.3 Å². The number of carbonyl (C=O) groups is 1. The van der Waals surface area contributed by atoms with Gasteiger partial charge in [0.2, 0.25) is 5.91 Å². The predicted molar refractivity (Wildman–Crippen MR) is 43.0 cm³/mol. The predicted octanol–water partition coefficient (Wildman–Crippen LogP) is 1.09. The van der Waals surface area contributed by atoms with Gasteiger partial charge in [-0.25, -0.2) is 0 Å². The molecule has 60 valence electrons. The van der Waals surface area contributed by atoms with Crippen molar-refractivity contribution in [3.05, 3.63) is 11.6 Å². The lowest BCUT2D eigenvalue weighted by atomic mass is 9.83. The minimum absolute atomic E-state index is 0.263. The van der Waals surface area contributed by atoms with Crippen LogP contribution in [0.5, 0.6) is 0 Å². The van der Waals surface area contributed by atoms with Gasteiger partial charge in [0.25, 0.3) is 0 Å². The molecule has 1 amide bonds. The summed E-state index contributed by atoms with van der Waals surface area (Å²) < 4.78 is 0. The van der Waals surface area contributed by atoms with Crippen molar-refractivity contribution in [1.29, 1.82) is 0 Å². The number of hydrogen-bond donors (Lipinski definition) is 1. The van der Waals surface area contributed by atoms with E-state index < -0.39 is 0 Å². The van der Waals surface area contributed by atoms with Crippen LogP contribution >= 0.6 is 0 Å². The van der Waals surface area contributed by atoms with E-state index in [9.17, 15) is 4.79 Å². The minimum Gasteiger partial charge on any atom is -0.355 e. The highest BCUT2D eigenvalue weighted by atomic mass is 16.2. The normalized spacial score (nSPS) is 36.1. The number of amides is 1. The summed E-state index contributed by atoms with van der Waals surface area (Å²) in [6.07, 6.45) is 4.42. The van der Waals surface area contributed by atoms with Crippen molar-refractivity contribution in [3.63, 3.8) is 0 Å². The summed E-state index contributed by atoms with van der Waals surface area (Å²) in [7, 11) is 0. The molecule has 2 atom stereocenters. The fourth-order valence-electron chi connectivity index (χ4n) is 2.04. The number of rotatable bonds is 0. The van der Waals surface area contributed by atoms with E-state index >= 15 is 0 Å². The molecule has 2 aliphatic rings. The van der Waals surface area contributed by atoms with Gasteiger partial charge in [-0.2, -0.15) is 0 Å². The molecule has 0 spiro atoms. The minimum atomic E-state index is 0.263. The SMILES string of the molecule is CC1=CC2CNC(=O)C2CC1. The highest BCUT2D eigenvalue weighted by Crippen LogP contribution is 2.31. The van der Waals surface area contributed by atoms with E-state index in [1.807, 2.05) is 0 Å². The summed E-state index contributed by atoms with van der Waals surface area (Å²) in [5, 5.41) is 2.90. The molecule has 1 N–H and O–H groups in total. The lowest BCUT2D eigenvalue weighted by Gasteiger charge is -2.19. The van der Waals surface area contributed by atoms with Crippen LogP contribution in [0, 0.1) is 11.8 Å². The molecule has 0 aromatic rings. The highest BCUT2D eigenvalue weighted by molar-refractivity contribution is 5.81. The van der Waals surface area contributed by atoms with Crippen LogP contribution in [0.4, 0.5) is 0 Å². The molecule has 2 rings (SSSR count). The van der Waals surface area contributed by atoms with Crippen LogP contribution in [-0.4, -0.2) is 12.5 Å². The van der Waals surface area contributed by atoms with E-state index in [0.29, 0.717) is 11.8 Å². The molecule has 0 aromatic carbocycles. The Morgan fingerprint density at radius 3 is 3.27 bits per heavy atom. The van der Waals surface area contributed by atoms with Gasteiger partial charge in [0.05, 0.1) is 0 Å². The first-order valence-electron chi connectivity index (χ1n) is 4.22. The summed E-state index contributed by atoms with van der Waals surface area (Å²) >= 11 is 0. The van der Waals surface area contributed by atoms with Crippen molar-refractivity contribution in [2.45, 2.75) is 19.8 Å². The summed E-state index contributed by atoms with van der Waals surface area (Å²) in [6, 6.07) is 0.